The standard InChI is InChI=1S/C38H49N3O9S2/c1-37(2,3)49-32(43)19-27(40-35(46)50-38(4,5)6)33(44)39-12-8-9-23-17-29(24-15-25(42)18-26(16-24)47-7)48-30(23)20-31-34(45)41(36(51)52-31)28-14-21-10-11-22(28)13-21/h15-18,20-22,27-28,42H,8-14,19H2,1-7H3,(H,39,44)(H,40,46)/b31-20-. The van der Waals surface area contributed by atoms with Gasteiger partial charge in [-0.05, 0) is 109 Å². The lowest BCUT2D eigenvalue weighted by atomic mass is 9.94. The van der Waals surface area contributed by atoms with Gasteiger partial charge in [-0.1, -0.05) is 30.4 Å². The summed E-state index contributed by atoms with van der Waals surface area (Å²) in [7, 11) is 1.51. The summed E-state index contributed by atoms with van der Waals surface area (Å²) in [6.07, 6.45) is 5.88. The molecule has 4 atom stereocenters. The highest BCUT2D eigenvalue weighted by atomic mass is 32.2. The Kier molecular flexibility index (Phi) is 12.0. The van der Waals surface area contributed by atoms with Crippen molar-refractivity contribution in [2.45, 2.75) is 110 Å². The molecule has 2 aliphatic carbocycles. The second kappa shape index (κ2) is 15.9. The maximum atomic E-state index is 13.7. The maximum absolute atomic E-state index is 13.7. The van der Waals surface area contributed by atoms with E-state index in [-0.39, 0.29) is 30.7 Å². The molecule has 2 bridgehead atoms. The van der Waals surface area contributed by atoms with E-state index in [0.717, 1.165) is 24.8 Å². The summed E-state index contributed by atoms with van der Waals surface area (Å²) in [6.45, 7) is 10.4. The number of phenolic OH excluding ortho intramolecular Hbond substituents is 1. The predicted octanol–water partition coefficient (Wildman–Crippen LogP) is 6.72. The molecule has 282 valence electrons. The van der Waals surface area contributed by atoms with Crippen molar-refractivity contribution >= 4 is 58.3 Å². The summed E-state index contributed by atoms with van der Waals surface area (Å²) >= 11 is 6.98. The Balaban J connectivity index is 1.31. The first-order valence-corrected chi connectivity index (χ1v) is 18.9. The lowest BCUT2D eigenvalue weighted by Gasteiger charge is -2.30. The monoisotopic (exact) mass is 755 g/mol. The Hall–Kier alpha value is -4.04. The number of hydrogen-bond donors (Lipinski definition) is 3. The van der Waals surface area contributed by atoms with E-state index >= 15 is 0 Å². The van der Waals surface area contributed by atoms with E-state index in [4.69, 9.17) is 30.8 Å². The van der Waals surface area contributed by atoms with Crippen LogP contribution in [0.1, 0.15) is 91.4 Å². The van der Waals surface area contributed by atoms with Crippen LogP contribution in [0.4, 0.5) is 4.79 Å². The minimum Gasteiger partial charge on any atom is -0.508 e. The molecular formula is C38H49N3O9S2. The topological polar surface area (TPSA) is 157 Å². The highest BCUT2D eigenvalue weighted by Crippen LogP contribution is 2.49. The molecule has 1 saturated heterocycles. The molecule has 52 heavy (non-hydrogen) atoms. The third-order valence-corrected chi connectivity index (χ3v) is 10.4. The molecule has 5 rings (SSSR count). The van der Waals surface area contributed by atoms with Gasteiger partial charge >= 0.3 is 12.1 Å². The van der Waals surface area contributed by atoms with E-state index in [1.54, 1.807) is 64.7 Å². The van der Waals surface area contributed by atoms with Gasteiger partial charge in [-0.3, -0.25) is 19.3 Å². The van der Waals surface area contributed by atoms with Gasteiger partial charge in [0.05, 0.1) is 18.4 Å². The summed E-state index contributed by atoms with van der Waals surface area (Å²) in [6, 6.07) is 5.55. The number of rotatable bonds is 12. The molecule has 0 radical (unpaired) electrons. The number of phenols is 1. The van der Waals surface area contributed by atoms with Crippen LogP contribution in [0.25, 0.3) is 17.4 Å². The summed E-state index contributed by atoms with van der Waals surface area (Å²) in [5, 5.41) is 15.6. The van der Waals surface area contributed by atoms with Crippen LogP contribution in [0.5, 0.6) is 11.5 Å². The van der Waals surface area contributed by atoms with Gasteiger partial charge in [-0.2, -0.15) is 0 Å². The Bertz CT molecular complexity index is 1710. The fraction of sp³-hybridized carbons (Fsp3) is 0.553. The zero-order chi connectivity index (χ0) is 38.0. The van der Waals surface area contributed by atoms with E-state index in [9.17, 15) is 24.3 Å². The van der Waals surface area contributed by atoms with E-state index in [1.165, 1.54) is 31.4 Å². The number of amides is 3. The molecule has 3 fully saturated rings. The maximum Gasteiger partial charge on any atom is 0.408 e. The number of esters is 1. The molecule has 3 amide bonds. The molecule has 2 heterocycles. The van der Waals surface area contributed by atoms with Crippen LogP contribution in [0.15, 0.2) is 33.6 Å². The van der Waals surface area contributed by atoms with Crippen molar-refractivity contribution < 1.29 is 42.9 Å². The van der Waals surface area contributed by atoms with Crippen LogP contribution < -0.4 is 15.4 Å². The minimum atomic E-state index is -1.22. The number of aryl methyl sites for hydroxylation is 1. The number of ether oxygens (including phenoxy) is 3. The van der Waals surface area contributed by atoms with Crippen LogP contribution in [0.2, 0.25) is 0 Å². The average molecular weight is 756 g/mol. The molecule has 0 spiro atoms. The molecule has 2 aromatic rings. The lowest BCUT2D eigenvalue weighted by molar-refractivity contribution is -0.156. The number of furan rings is 1. The minimum absolute atomic E-state index is 0.00391. The second-order valence-electron chi connectivity index (χ2n) is 15.6. The number of benzene rings is 1. The van der Waals surface area contributed by atoms with Crippen molar-refractivity contribution in [2.24, 2.45) is 11.8 Å². The van der Waals surface area contributed by atoms with Gasteiger partial charge in [0.2, 0.25) is 5.91 Å². The second-order valence-corrected chi connectivity index (χ2v) is 17.3. The van der Waals surface area contributed by atoms with Crippen LogP contribution in [-0.4, -0.2) is 75.1 Å². The fourth-order valence-corrected chi connectivity index (χ4v) is 8.32. The van der Waals surface area contributed by atoms with Crippen LogP contribution in [0.3, 0.4) is 0 Å². The van der Waals surface area contributed by atoms with Gasteiger partial charge in [0.1, 0.15) is 44.6 Å². The van der Waals surface area contributed by atoms with Gasteiger partial charge in [0.25, 0.3) is 5.91 Å². The molecule has 14 heteroatoms. The smallest absolute Gasteiger partial charge is 0.408 e. The van der Waals surface area contributed by atoms with Crippen molar-refractivity contribution in [1.82, 2.24) is 15.5 Å². The first-order chi connectivity index (χ1) is 24.4. The number of alkyl carbamates (subject to hydrolysis) is 1. The first kappa shape index (κ1) is 39.2. The zero-order valence-electron chi connectivity index (χ0n) is 30.8. The quantitative estimate of drug-likeness (QED) is 0.0914. The SMILES string of the molecule is COc1cc(O)cc(-c2cc(CCCNC(=O)C(CC(=O)OC(C)(C)C)NC(=O)OC(C)(C)C)c(/C=C3\SC(=S)N(C4CC5CCC4C5)C3=O)o2)c1. The number of thioether (sulfide) groups is 1. The Morgan fingerprint density at radius 3 is 2.44 bits per heavy atom. The van der Waals surface area contributed by atoms with Gasteiger partial charge in [0, 0.05) is 30.3 Å². The molecule has 2 saturated carbocycles. The van der Waals surface area contributed by atoms with E-state index in [0.29, 0.717) is 56.7 Å². The number of aromatic hydroxyl groups is 1. The number of nitrogens with one attached hydrogen (secondary N) is 2. The van der Waals surface area contributed by atoms with E-state index in [2.05, 4.69) is 10.6 Å². The molecule has 1 aliphatic heterocycles. The average Bonchev–Trinajstić information content (AvgIpc) is 3.81. The number of fused-ring (bicyclic) bond motifs is 2. The molecule has 12 nitrogen and oxygen atoms in total. The first-order valence-electron chi connectivity index (χ1n) is 17.7. The number of nitrogens with zero attached hydrogens (tertiary/aromatic N) is 1. The normalized spacial score (nSPS) is 21.4. The van der Waals surface area contributed by atoms with Crippen molar-refractivity contribution in [3.63, 3.8) is 0 Å². The third kappa shape index (κ3) is 10.1. The highest BCUT2D eigenvalue weighted by molar-refractivity contribution is 8.26. The van der Waals surface area contributed by atoms with Crippen LogP contribution in [-0.2, 0) is 30.3 Å². The Morgan fingerprint density at radius 1 is 1.08 bits per heavy atom. The molecule has 1 aromatic heterocycles. The van der Waals surface area contributed by atoms with Gasteiger partial charge in [-0.25, -0.2) is 4.79 Å². The largest absolute Gasteiger partial charge is 0.508 e. The Labute approximate surface area is 314 Å². The molecular weight excluding hydrogens is 707 g/mol. The molecule has 3 aliphatic rings. The predicted molar refractivity (Wildman–Crippen MR) is 202 cm³/mol. The van der Waals surface area contributed by atoms with Crippen LogP contribution in [0, 0.1) is 11.8 Å². The highest BCUT2D eigenvalue weighted by Gasteiger charge is 2.48. The molecule has 4 unspecified atom stereocenters. The number of carbonyl (C=O) groups is 4. The number of carbonyl (C=O) groups excluding carboxylic acids is 4. The fourth-order valence-electron chi connectivity index (χ4n) is 6.98. The summed E-state index contributed by atoms with van der Waals surface area (Å²) in [5.74, 6) is 1.19. The van der Waals surface area contributed by atoms with Crippen molar-refractivity contribution in [3.8, 4) is 22.8 Å². The van der Waals surface area contributed by atoms with Gasteiger partial charge in [-0.15, -0.1) is 0 Å². The van der Waals surface area contributed by atoms with Gasteiger partial charge < -0.3 is 34.4 Å². The third-order valence-electron chi connectivity index (χ3n) is 9.09. The van der Waals surface area contributed by atoms with E-state index in [1.807, 2.05) is 6.07 Å². The summed E-state index contributed by atoms with van der Waals surface area (Å²) < 4.78 is 22.9. The van der Waals surface area contributed by atoms with Crippen LogP contribution >= 0.6 is 24.0 Å². The lowest BCUT2D eigenvalue weighted by Crippen LogP contribution is -2.49. The van der Waals surface area contributed by atoms with Gasteiger partial charge in [0.15, 0.2) is 0 Å². The van der Waals surface area contributed by atoms with E-state index < -0.39 is 35.2 Å². The molecule has 3 N–H and O–H groups in total. The zero-order valence-corrected chi connectivity index (χ0v) is 32.5. The van der Waals surface area contributed by atoms with Crippen molar-refractivity contribution in [3.05, 3.63) is 40.5 Å². The number of hydrogen-bond acceptors (Lipinski definition) is 11. The Morgan fingerprint density at radius 2 is 1.81 bits per heavy atom. The summed E-state index contributed by atoms with van der Waals surface area (Å²) in [4.78, 5) is 54.5. The number of thiocarbonyl (C=S) groups is 1. The van der Waals surface area contributed by atoms with Crippen molar-refractivity contribution in [1.29, 1.82) is 0 Å². The number of methoxy groups -OCH3 is 1. The van der Waals surface area contributed by atoms with Crippen molar-refractivity contribution in [2.75, 3.05) is 13.7 Å². The molecule has 1 aromatic carbocycles. The summed E-state index contributed by atoms with van der Waals surface area (Å²) in [5.41, 5.74) is -0.226.